The van der Waals surface area contributed by atoms with Gasteiger partial charge in [0.15, 0.2) is 11.2 Å². The summed E-state index contributed by atoms with van der Waals surface area (Å²) in [5.74, 6) is 0.324. The van der Waals surface area contributed by atoms with Crippen molar-refractivity contribution >= 4 is 34.0 Å². The van der Waals surface area contributed by atoms with E-state index in [-0.39, 0.29) is 11.9 Å². The molecule has 1 aliphatic rings. The van der Waals surface area contributed by atoms with Crippen LogP contribution in [-0.4, -0.2) is 23.0 Å². The molecule has 1 aromatic carbocycles. The lowest BCUT2D eigenvalue weighted by molar-refractivity contribution is -0.122. The Kier molecular flexibility index (Phi) is 4.84. The third-order valence-electron chi connectivity index (χ3n) is 3.69. The van der Waals surface area contributed by atoms with Crippen LogP contribution in [0.1, 0.15) is 23.9 Å². The van der Waals surface area contributed by atoms with Crippen molar-refractivity contribution in [1.29, 1.82) is 0 Å². The Hall–Kier alpha value is -1.63. The van der Waals surface area contributed by atoms with E-state index in [0.29, 0.717) is 15.9 Å². The summed E-state index contributed by atoms with van der Waals surface area (Å²) in [7, 11) is 0. The molecular formula is C16H18ClN3O2S. The van der Waals surface area contributed by atoms with E-state index < -0.39 is 6.10 Å². The summed E-state index contributed by atoms with van der Waals surface area (Å²) in [6.45, 7) is 1.69. The molecule has 0 bridgehead atoms. The molecule has 23 heavy (non-hydrogen) atoms. The number of carbonyl (C=O) groups is 1. The number of benzene rings is 1. The minimum atomic E-state index is -0.642. The van der Waals surface area contributed by atoms with E-state index in [1.807, 2.05) is 0 Å². The van der Waals surface area contributed by atoms with Gasteiger partial charge in [-0.3, -0.25) is 10.1 Å². The van der Waals surface area contributed by atoms with Crippen LogP contribution in [0.25, 0.3) is 0 Å². The highest BCUT2D eigenvalue weighted by molar-refractivity contribution is 7.15. The zero-order valence-electron chi connectivity index (χ0n) is 12.7. The van der Waals surface area contributed by atoms with E-state index in [2.05, 4.69) is 10.3 Å². The van der Waals surface area contributed by atoms with Crippen LogP contribution < -0.4 is 15.8 Å². The number of ether oxygens (including phenoxy) is 1. The Morgan fingerprint density at radius 3 is 3.17 bits per heavy atom. The zero-order chi connectivity index (χ0) is 16.4. The third-order valence-corrected chi connectivity index (χ3v) is 4.96. The van der Waals surface area contributed by atoms with Crippen molar-refractivity contribution in [3.63, 3.8) is 0 Å². The smallest absolute Gasteiger partial charge is 0.266 e. The molecule has 1 aromatic heterocycles. The lowest BCUT2D eigenvalue weighted by Crippen LogP contribution is -2.30. The summed E-state index contributed by atoms with van der Waals surface area (Å²) < 4.78 is 5.61. The first-order valence-corrected chi connectivity index (χ1v) is 8.68. The van der Waals surface area contributed by atoms with E-state index in [0.717, 1.165) is 25.0 Å². The molecule has 3 N–H and O–H groups in total. The number of nitrogens with two attached hydrogens (primary N) is 1. The predicted molar refractivity (Wildman–Crippen MR) is 92.3 cm³/mol. The summed E-state index contributed by atoms with van der Waals surface area (Å²) in [6.07, 6.45) is 2.00. The fourth-order valence-electron chi connectivity index (χ4n) is 2.46. The van der Waals surface area contributed by atoms with Crippen molar-refractivity contribution in [2.24, 2.45) is 5.73 Å². The Labute approximate surface area is 143 Å². The molecule has 5 nitrogen and oxygen atoms in total. The van der Waals surface area contributed by atoms with Crippen LogP contribution in [0, 0.1) is 0 Å². The summed E-state index contributed by atoms with van der Waals surface area (Å²) >= 11 is 7.40. The second kappa shape index (κ2) is 6.86. The summed E-state index contributed by atoms with van der Waals surface area (Å²) in [4.78, 5) is 17.9. The number of halogens is 1. The van der Waals surface area contributed by atoms with Crippen molar-refractivity contribution in [3.05, 3.63) is 39.9 Å². The van der Waals surface area contributed by atoms with Crippen LogP contribution in [0.5, 0.6) is 5.75 Å². The largest absolute Gasteiger partial charge is 0.481 e. The van der Waals surface area contributed by atoms with Crippen LogP contribution in [-0.2, 0) is 17.6 Å². The molecule has 2 atom stereocenters. The molecular weight excluding hydrogens is 334 g/mol. The van der Waals surface area contributed by atoms with E-state index >= 15 is 0 Å². The monoisotopic (exact) mass is 351 g/mol. The van der Waals surface area contributed by atoms with Crippen molar-refractivity contribution < 1.29 is 9.53 Å². The molecule has 0 aliphatic heterocycles. The molecule has 0 radical (unpaired) electrons. The van der Waals surface area contributed by atoms with Gasteiger partial charge in [0.25, 0.3) is 5.91 Å². The zero-order valence-corrected chi connectivity index (χ0v) is 14.3. The number of anilines is 1. The third kappa shape index (κ3) is 4.02. The topological polar surface area (TPSA) is 77.2 Å². The fraction of sp³-hybridized carbons (Fsp3) is 0.375. The molecule has 1 aliphatic carbocycles. The fourth-order valence-corrected chi connectivity index (χ4v) is 3.74. The molecule has 7 heteroatoms. The Morgan fingerprint density at radius 1 is 1.57 bits per heavy atom. The molecule has 1 amide bonds. The van der Waals surface area contributed by atoms with Crippen LogP contribution in [0.2, 0.25) is 5.02 Å². The normalized spacial score (nSPS) is 18.1. The van der Waals surface area contributed by atoms with Crippen molar-refractivity contribution in [1.82, 2.24) is 4.98 Å². The van der Waals surface area contributed by atoms with Gasteiger partial charge in [-0.05, 0) is 44.4 Å². The Bertz CT molecular complexity index is 719. The number of nitrogens with zero attached hydrogens (tertiary/aromatic N) is 1. The van der Waals surface area contributed by atoms with Crippen molar-refractivity contribution in [3.8, 4) is 5.75 Å². The first-order chi connectivity index (χ1) is 11.0. The molecule has 122 valence electrons. The minimum Gasteiger partial charge on any atom is -0.481 e. The molecule has 3 rings (SSSR count). The summed E-state index contributed by atoms with van der Waals surface area (Å²) in [5, 5.41) is 3.99. The van der Waals surface area contributed by atoms with Gasteiger partial charge in [-0.2, -0.15) is 0 Å². The highest BCUT2D eigenvalue weighted by atomic mass is 35.5. The van der Waals surface area contributed by atoms with Crippen LogP contribution >= 0.6 is 22.9 Å². The molecule has 0 saturated heterocycles. The van der Waals surface area contributed by atoms with Gasteiger partial charge >= 0.3 is 0 Å². The standard InChI is InChI=1S/C16H18ClN3O2S/c1-9(22-12-4-2-3-10(17)7-12)15(21)20-16-19-13-6-5-11(18)8-14(13)23-16/h2-4,7,9,11H,5-6,8,18H2,1H3,(H,19,20,21)/t9?,11-/m0/s1. The number of aryl methyl sites for hydroxylation is 1. The van der Waals surface area contributed by atoms with Gasteiger partial charge in [-0.25, -0.2) is 4.98 Å². The van der Waals surface area contributed by atoms with E-state index in [1.54, 1.807) is 31.2 Å². The van der Waals surface area contributed by atoms with Gasteiger partial charge in [0, 0.05) is 15.9 Å². The SMILES string of the molecule is CC(Oc1cccc(Cl)c1)C(=O)Nc1nc2c(s1)C[C@@H](N)CC2. The average molecular weight is 352 g/mol. The van der Waals surface area contributed by atoms with Crippen LogP contribution in [0.3, 0.4) is 0 Å². The van der Waals surface area contributed by atoms with Crippen LogP contribution in [0.15, 0.2) is 24.3 Å². The number of thiazole rings is 1. The minimum absolute atomic E-state index is 0.191. The van der Waals surface area contributed by atoms with Crippen molar-refractivity contribution in [2.75, 3.05) is 5.32 Å². The van der Waals surface area contributed by atoms with Gasteiger partial charge in [-0.15, -0.1) is 11.3 Å². The number of carbonyl (C=O) groups excluding carboxylic acids is 1. The maximum Gasteiger partial charge on any atom is 0.266 e. The van der Waals surface area contributed by atoms with E-state index in [1.165, 1.54) is 16.2 Å². The van der Waals surface area contributed by atoms with E-state index in [4.69, 9.17) is 22.1 Å². The highest BCUT2D eigenvalue weighted by Gasteiger charge is 2.22. The lowest BCUT2D eigenvalue weighted by Gasteiger charge is -2.15. The first kappa shape index (κ1) is 16.2. The predicted octanol–water partition coefficient (Wildman–Crippen LogP) is 3.02. The second-order valence-corrected chi connectivity index (χ2v) is 7.12. The quantitative estimate of drug-likeness (QED) is 0.887. The first-order valence-electron chi connectivity index (χ1n) is 7.48. The molecule has 1 unspecified atom stereocenters. The average Bonchev–Trinajstić information content (AvgIpc) is 2.88. The van der Waals surface area contributed by atoms with Gasteiger partial charge in [0.1, 0.15) is 5.75 Å². The molecule has 0 spiro atoms. The summed E-state index contributed by atoms with van der Waals surface area (Å²) in [5.41, 5.74) is 7.02. The molecule has 1 heterocycles. The van der Waals surface area contributed by atoms with E-state index in [9.17, 15) is 4.79 Å². The Morgan fingerprint density at radius 2 is 2.39 bits per heavy atom. The molecule has 0 fully saturated rings. The maximum absolute atomic E-state index is 12.3. The van der Waals surface area contributed by atoms with Gasteiger partial charge in [-0.1, -0.05) is 17.7 Å². The maximum atomic E-state index is 12.3. The lowest BCUT2D eigenvalue weighted by atomic mass is 9.99. The number of rotatable bonds is 4. The number of fused-ring (bicyclic) bond motifs is 1. The number of amides is 1. The Balaban J connectivity index is 1.62. The number of nitrogens with one attached hydrogen (secondary N) is 1. The van der Waals surface area contributed by atoms with Gasteiger partial charge in [0.05, 0.1) is 5.69 Å². The van der Waals surface area contributed by atoms with Gasteiger partial charge in [0.2, 0.25) is 0 Å². The number of aromatic nitrogens is 1. The van der Waals surface area contributed by atoms with Crippen molar-refractivity contribution in [2.45, 2.75) is 38.3 Å². The second-order valence-electron chi connectivity index (χ2n) is 5.60. The van der Waals surface area contributed by atoms with Gasteiger partial charge < -0.3 is 10.5 Å². The number of hydrogen-bond acceptors (Lipinski definition) is 5. The highest BCUT2D eigenvalue weighted by Crippen LogP contribution is 2.29. The molecule has 2 aromatic rings. The summed E-state index contributed by atoms with van der Waals surface area (Å²) in [6, 6.07) is 7.16. The number of hydrogen-bond donors (Lipinski definition) is 2. The van der Waals surface area contributed by atoms with Crippen LogP contribution in [0.4, 0.5) is 5.13 Å². The molecule has 0 saturated carbocycles.